The van der Waals surface area contributed by atoms with E-state index in [2.05, 4.69) is 32.4 Å². The number of alkyl halides is 3. The number of amides is 2. The van der Waals surface area contributed by atoms with Gasteiger partial charge in [0.1, 0.15) is 12.0 Å². The Morgan fingerprint density at radius 3 is 2.77 bits per heavy atom. The molecule has 1 aliphatic rings. The van der Waals surface area contributed by atoms with Crippen LogP contribution in [0.5, 0.6) is 0 Å². The molecule has 2 aromatic rings. The second kappa shape index (κ2) is 8.61. The normalized spacial score (nSPS) is 18.1. The summed E-state index contributed by atoms with van der Waals surface area (Å²) in [6, 6.07) is 6.34. The first-order valence-electron chi connectivity index (χ1n) is 9.14. The Morgan fingerprint density at radius 1 is 1.39 bits per heavy atom. The zero-order chi connectivity index (χ0) is 22.6. The smallest absolute Gasteiger partial charge is 0.394 e. The number of aromatic nitrogens is 2. The molecule has 0 radical (unpaired) electrons. The first kappa shape index (κ1) is 22.0. The summed E-state index contributed by atoms with van der Waals surface area (Å²) in [5.74, 6) is 3.97. The van der Waals surface area contributed by atoms with Crippen LogP contribution in [-0.4, -0.2) is 52.8 Å². The highest BCUT2D eigenvalue weighted by Crippen LogP contribution is 2.28. The number of aliphatic hydroxyl groups is 1. The third kappa shape index (κ3) is 5.10. The van der Waals surface area contributed by atoms with Crippen LogP contribution in [0.1, 0.15) is 22.6 Å². The highest BCUT2D eigenvalue weighted by molar-refractivity contribution is 5.90. The molecule has 1 aliphatic heterocycles. The fraction of sp³-hybridized carbons (Fsp3) is 0.300. The summed E-state index contributed by atoms with van der Waals surface area (Å²) in [5.41, 5.74) is 4.77. The van der Waals surface area contributed by atoms with E-state index in [4.69, 9.17) is 5.73 Å². The fourth-order valence-electron chi connectivity index (χ4n) is 2.96. The van der Waals surface area contributed by atoms with Gasteiger partial charge in [-0.15, -0.1) is 0 Å². The summed E-state index contributed by atoms with van der Waals surface area (Å²) in [5, 5.41) is 14.5. The van der Waals surface area contributed by atoms with Gasteiger partial charge in [-0.2, -0.15) is 13.2 Å². The molecule has 0 unspecified atom stereocenters. The third-order valence-corrected chi connectivity index (χ3v) is 4.61. The first-order chi connectivity index (χ1) is 14.6. The molecule has 0 saturated carbocycles. The molecule has 0 aliphatic carbocycles. The van der Waals surface area contributed by atoms with Gasteiger partial charge in [0.05, 0.1) is 24.2 Å². The molecule has 1 fully saturated rings. The second-order valence-electron chi connectivity index (χ2n) is 6.87. The number of nitrogens with zero attached hydrogens (tertiary/aromatic N) is 2. The minimum Gasteiger partial charge on any atom is -0.394 e. The maximum atomic E-state index is 12.6. The van der Waals surface area contributed by atoms with Crippen molar-refractivity contribution < 1.29 is 27.9 Å². The Morgan fingerprint density at radius 2 is 2.16 bits per heavy atom. The summed E-state index contributed by atoms with van der Waals surface area (Å²) < 4.78 is 37.9. The van der Waals surface area contributed by atoms with Crippen molar-refractivity contribution in [2.45, 2.75) is 12.6 Å². The molecular weight excluding hydrogens is 415 g/mol. The third-order valence-electron chi connectivity index (χ3n) is 4.61. The second-order valence-corrected chi connectivity index (χ2v) is 6.87. The lowest BCUT2D eigenvalue weighted by molar-refractivity contribution is -0.126. The summed E-state index contributed by atoms with van der Waals surface area (Å²) in [6.45, 7) is -1.36. The molecule has 2 amide bonds. The van der Waals surface area contributed by atoms with Crippen molar-refractivity contribution in [3.63, 3.8) is 0 Å². The molecule has 1 aromatic carbocycles. The number of carbonyl (C=O) groups excluding carboxylic acids is 2. The van der Waals surface area contributed by atoms with E-state index in [1.807, 2.05) is 0 Å². The number of halogens is 3. The van der Waals surface area contributed by atoms with E-state index in [1.165, 1.54) is 6.07 Å². The summed E-state index contributed by atoms with van der Waals surface area (Å²) in [4.78, 5) is 31.1. The minimum absolute atomic E-state index is 0.0344. The minimum atomic E-state index is -4.48. The Balaban J connectivity index is 2.00. The van der Waals surface area contributed by atoms with Gasteiger partial charge in [-0.25, -0.2) is 9.97 Å². The van der Waals surface area contributed by atoms with Crippen molar-refractivity contribution in [2.75, 3.05) is 25.0 Å². The van der Waals surface area contributed by atoms with Crippen LogP contribution in [0.25, 0.3) is 11.3 Å². The van der Waals surface area contributed by atoms with Gasteiger partial charge >= 0.3 is 6.18 Å². The van der Waals surface area contributed by atoms with E-state index in [1.54, 1.807) is 18.2 Å². The van der Waals surface area contributed by atoms with Crippen LogP contribution in [0.3, 0.4) is 0 Å². The Hall–Kier alpha value is -3.65. The molecule has 3 rings (SSSR count). The van der Waals surface area contributed by atoms with E-state index in [-0.39, 0.29) is 23.1 Å². The van der Waals surface area contributed by atoms with Crippen LogP contribution < -0.4 is 16.4 Å². The van der Waals surface area contributed by atoms with Crippen molar-refractivity contribution >= 4 is 17.5 Å². The van der Waals surface area contributed by atoms with Crippen LogP contribution in [0.2, 0.25) is 0 Å². The summed E-state index contributed by atoms with van der Waals surface area (Å²) >= 11 is 0. The molecule has 1 atom stereocenters. The average molecular weight is 433 g/mol. The standard InChI is InChI=1S/C20H18F3N5O3/c21-20(22,23)10-27-14-9-26-17(16(24)30)28-15(14)13-3-1-2-12(8-13)4-5-19(11-29)6-7-25-18(19)31/h1-3,8-9,27,29H,6-7,10-11H2,(H2,24,30)(H,25,31)/t19-/m0/s1. The molecule has 0 bridgehead atoms. The van der Waals surface area contributed by atoms with Crippen molar-refractivity contribution in [1.29, 1.82) is 0 Å². The number of carbonyl (C=O) groups is 2. The number of nitrogens with one attached hydrogen (secondary N) is 2. The lowest BCUT2D eigenvalue weighted by Crippen LogP contribution is -2.33. The summed E-state index contributed by atoms with van der Waals surface area (Å²) in [7, 11) is 0. The molecule has 31 heavy (non-hydrogen) atoms. The fourth-order valence-corrected chi connectivity index (χ4v) is 2.96. The maximum Gasteiger partial charge on any atom is 0.405 e. The van der Waals surface area contributed by atoms with Gasteiger partial charge in [0, 0.05) is 17.7 Å². The van der Waals surface area contributed by atoms with Gasteiger partial charge in [0.2, 0.25) is 11.7 Å². The van der Waals surface area contributed by atoms with Gasteiger partial charge < -0.3 is 21.5 Å². The molecule has 1 saturated heterocycles. The highest BCUT2D eigenvalue weighted by atomic mass is 19.4. The predicted octanol–water partition coefficient (Wildman–Crippen LogP) is 1.07. The van der Waals surface area contributed by atoms with E-state index >= 15 is 0 Å². The van der Waals surface area contributed by atoms with Gasteiger partial charge in [-0.3, -0.25) is 9.59 Å². The molecule has 11 heteroatoms. The number of nitrogens with two attached hydrogens (primary N) is 1. The quantitative estimate of drug-likeness (QED) is 0.522. The topological polar surface area (TPSA) is 130 Å². The Bertz CT molecular complexity index is 1080. The molecule has 1 aromatic heterocycles. The van der Waals surface area contributed by atoms with Crippen molar-refractivity contribution in [3.05, 3.63) is 41.9 Å². The lowest BCUT2D eigenvalue weighted by Gasteiger charge is -2.15. The number of rotatable bonds is 5. The largest absolute Gasteiger partial charge is 0.405 e. The number of hydrogen-bond acceptors (Lipinski definition) is 6. The van der Waals surface area contributed by atoms with Crippen molar-refractivity contribution in [2.24, 2.45) is 11.1 Å². The molecule has 162 valence electrons. The Labute approximate surface area is 175 Å². The number of anilines is 1. The average Bonchev–Trinajstić information content (AvgIpc) is 3.11. The number of primary amides is 1. The maximum absolute atomic E-state index is 12.6. The van der Waals surface area contributed by atoms with E-state index in [0.29, 0.717) is 24.1 Å². The van der Waals surface area contributed by atoms with Crippen molar-refractivity contribution in [1.82, 2.24) is 15.3 Å². The Kier molecular flexibility index (Phi) is 6.12. The van der Waals surface area contributed by atoms with E-state index in [0.717, 1.165) is 6.20 Å². The lowest BCUT2D eigenvalue weighted by atomic mass is 9.88. The van der Waals surface area contributed by atoms with Crippen LogP contribution in [0.15, 0.2) is 30.5 Å². The molecule has 2 heterocycles. The molecular formula is C20H18F3N5O3. The van der Waals surface area contributed by atoms with Crippen LogP contribution in [0, 0.1) is 17.3 Å². The molecule has 0 spiro atoms. The predicted molar refractivity (Wildman–Crippen MR) is 105 cm³/mol. The molecule has 8 nitrogen and oxygen atoms in total. The van der Waals surface area contributed by atoms with Gasteiger partial charge in [0.15, 0.2) is 0 Å². The number of hydrogen-bond donors (Lipinski definition) is 4. The van der Waals surface area contributed by atoms with Crippen LogP contribution >= 0.6 is 0 Å². The highest BCUT2D eigenvalue weighted by Gasteiger charge is 2.40. The zero-order valence-electron chi connectivity index (χ0n) is 16.1. The monoisotopic (exact) mass is 433 g/mol. The van der Waals surface area contributed by atoms with E-state index < -0.39 is 30.7 Å². The zero-order valence-corrected chi connectivity index (χ0v) is 16.1. The summed E-state index contributed by atoms with van der Waals surface area (Å²) in [6.07, 6.45) is -3.07. The van der Waals surface area contributed by atoms with Crippen LogP contribution in [0.4, 0.5) is 18.9 Å². The number of benzene rings is 1. The first-order valence-corrected chi connectivity index (χ1v) is 9.14. The number of aliphatic hydroxyl groups excluding tert-OH is 1. The van der Waals surface area contributed by atoms with E-state index in [9.17, 15) is 27.9 Å². The van der Waals surface area contributed by atoms with Gasteiger partial charge in [0.25, 0.3) is 5.91 Å². The molecule has 5 N–H and O–H groups in total. The SMILES string of the molecule is NC(=O)c1ncc(NCC(F)(F)F)c(-c2cccc(C#C[C@@]3(CO)CCNC3=O)c2)n1. The van der Waals surface area contributed by atoms with Gasteiger partial charge in [-0.05, 0) is 18.6 Å². The van der Waals surface area contributed by atoms with Crippen LogP contribution in [-0.2, 0) is 4.79 Å². The van der Waals surface area contributed by atoms with Crippen molar-refractivity contribution in [3.8, 4) is 23.1 Å². The van der Waals surface area contributed by atoms with Gasteiger partial charge in [-0.1, -0.05) is 24.0 Å².